The van der Waals surface area contributed by atoms with Crippen LogP contribution in [-0.4, -0.2) is 27.6 Å². The Hall–Kier alpha value is -3.91. The summed E-state index contributed by atoms with van der Waals surface area (Å²) in [7, 11) is 0. The topological polar surface area (TPSA) is 56.1 Å². The molecule has 5 nitrogen and oxygen atoms in total. The van der Waals surface area contributed by atoms with Crippen molar-refractivity contribution in [1.29, 1.82) is 0 Å². The molecule has 2 atom stereocenters. The minimum Gasteiger partial charge on any atom is -0.371 e. The van der Waals surface area contributed by atoms with E-state index in [1.807, 2.05) is 30.3 Å². The molecule has 1 aliphatic carbocycles. The van der Waals surface area contributed by atoms with Gasteiger partial charge in [-0.05, 0) is 54.2 Å². The van der Waals surface area contributed by atoms with E-state index in [4.69, 9.17) is 4.74 Å². The number of carbonyl (C=O) groups excluding carboxylic acids is 1. The van der Waals surface area contributed by atoms with Gasteiger partial charge in [-0.3, -0.25) is 9.36 Å². The first-order chi connectivity index (χ1) is 17.9. The molecule has 0 aliphatic heterocycles. The van der Waals surface area contributed by atoms with E-state index < -0.39 is 11.7 Å². The van der Waals surface area contributed by atoms with Gasteiger partial charge < -0.3 is 10.1 Å². The fourth-order valence-corrected chi connectivity index (χ4v) is 4.78. The zero-order valence-electron chi connectivity index (χ0n) is 20.0. The Kier molecular flexibility index (Phi) is 7.10. The summed E-state index contributed by atoms with van der Waals surface area (Å²) in [6.45, 7) is 0.474. The van der Waals surface area contributed by atoms with E-state index in [-0.39, 0.29) is 23.6 Å². The van der Waals surface area contributed by atoms with Crippen molar-refractivity contribution in [2.75, 3.05) is 0 Å². The van der Waals surface area contributed by atoms with Crippen molar-refractivity contribution in [3.8, 4) is 16.8 Å². The fourth-order valence-electron chi connectivity index (χ4n) is 4.78. The maximum absolute atomic E-state index is 13.6. The molecule has 1 N–H and O–H groups in total. The second-order valence-electron chi connectivity index (χ2n) is 9.09. The summed E-state index contributed by atoms with van der Waals surface area (Å²) in [6.07, 6.45) is 0.989. The molecule has 8 heteroatoms. The van der Waals surface area contributed by atoms with Gasteiger partial charge >= 0.3 is 6.18 Å². The average Bonchev–Trinajstić information content (AvgIpc) is 3.57. The van der Waals surface area contributed by atoms with E-state index in [2.05, 4.69) is 10.3 Å². The molecule has 37 heavy (non-hydrogen) atoms. The monoisotopic (exact) mass is 505 g/mol. The second-order valence-corrected chi connectivity index (χ2v) is 9.09. The van der Waals surface area contributed by atoms with Crippen molar-refractivity contribution < 1.29 is 22.7 Å². The first-order valence-electron chi connectivity index (χ1n) is 12.2. The minimum atomic E-state index is -4.48. The molecule has 1 fully saturated rings. The molecule has 0 radical (unpaired) electrons. The molecule has 1 aliphatic rings. The quantitative estimate of drug-likeness (QED) is 0.315. The van der Waals surface area contributed by atoms with Crippen LogP contribution < -0.4 is 5.32 Å². The van der Waals surface area contributed by atoms with E-state index in [1.165, 1.54) is 24.7 Å². The summed E-state index contributed by atoms with van der Waals surface area (Å²) >= 11 is 0. The molecule has 0 spiro atoms. The number of aromatic nitrogens is 2. The summed E-state index contributed by atoms with van der Waals surface area (Å²) in [5, 5.41) is 3.08. The summed E-state index contributed by atoms with van der Waals surface area (Å²) in [5.41, 5.74) is 1.68. The average molecular weight is 506 g/mol. The Bertz CT molecular complexity index is 1370. The molecule has 0 saturated heterocycles. The maximum atomic E-state index is 13.6. The number of alkyl halides is 3. The second kappa shape index (κ2) is 10.6. The van der Waals surface area contributed by atoms with Gasteiger partial charge in [0.05, 0.1) is 36.8 Å². The van der Waals surface area contributed by atoms with Crippen molar-refractivity contribution >= 4 is 5.91 Å². The Balaban J connectivity index is 1.34. The van der Waals surface area contributed by atoms with Crippen LogP contribution in [0.2, 0.25) is 0 Å². The van der Waals surface area contributed by atoms with Gasteiger partial charge in [-0.25, -0.2) is 4.98 Å². The number of rotatable bonds is 7. The molecule has 0 bridgehead atoms. The number of benzene rings is 3. The zero-order valence-corrected chi connectivity index (χ0v) is 20.0. The molecular weight excluding hydrogens is 479 g/mol. The number of imidazole rings is 1. The van der Waals surface area contributed by atoms with Crippen LogP contribution in [0.15, 0.2) is 91.4 Å². The molecule has 1 saturated carbocycles. The van der Waals surface area contributed by atoms with Gasteiger partial charge in [0.2, 0.25) is 0 Å². The zero-order chi connectivity index (χ0) is 25.8. The lowest BCUT2D eigenvalue weighted by Crippen LogP contribution is -2.41. The molecule has 3 aromatic carbocycles. The first-order valence-corrected chi connectivity index (χ1v) is 12.2. The number of carbonyl (C=O) groups is 1. The van der Waals surface area contributed by atoms with E-state index in [0.29, 0.717) is 23.6 Å². The van der Waals surface area contributed by atoms with Gasteiger partial charge in [0, 0.05) is 5.69 Å². The highest BCUT2D eigenvalue weighted by atomic mass is 19.4. The van der Waals surface area contributed by atoms with Crippen LogP contribution in [0.5, 0.6) is 0 Å². The van der Waals surface area contributed by atoms with E-state index >= 15 is 0 Å². The van der Waals surface area contributed by atoms with Crippen molar-refractivity contribution in [3.63, 3.8) is 0 Å². The SMILES string of the molecule is O=C(N[C@H]1CCC[C@H]1OCc1ccccc1)c1cncn1-c1cccc(-c2ccccc2C(F)(F)F)c1. The lowest BCUT2D eigenvalue weighted by atomic mass is 9.99. The van der Waals surface area contributed by atoms with Crippen LogP contribution in [-0.2, 0) is 17.5 Å². The van der Waals surface area contributed by atoms with Crippen molar-refractivity contribution in [2.24, 2.45) is 0 Å². The maximum Gasteiger partial charge on any atom is 0.417 e. The summed E-state index contributed by atoms with van der Waals surface area (Å²) < 4.78 is 48.4. The van der Waals surface area contributed by atoms with Crippen LogP contribution in [0.25, 0.3) is 16.8 Å². The number of halogens is 3. The number of amides is 1. The molecule has 1 aromatic heterocycles. The lowest BCUT2D eigenvalue weighted by molar-refractivity contribution is -0.137. The molecule has 0 unspecified atom stereocenters. The van der Waals surface area contributed by atoms with Crippen LogP contribution in [0.1, 0.15) is 40.9 Å². The van der Waals surface area contributed by atoms with Crippen molar-refractivity contribution in [1.82, 2.24) is 14.9 Å². The number of hydrogen-bond donors (Lipinski definition) is 1. The molecular formula is C29H26F3N3O2. The molecule has 4 aromatic rings. The lowest BCUT2D eigenvalue weighted by Gasteiger charge is -2.22. The number of nitrogens with zero attached hydrogens (tertiary/aromatic N) is 2. The largest absolute Gasteiger partial charge is 0.417 e. The van der Waals surface area contributed by atoms with Gasteiger partial charge in [-0.1, -0.05) is 60.7 Å². The van der Waals surface area contributed by atoms with Gasteiger partial charge in [-0.2, -0.15) is 13.2 Å². The Morgan fingerprint density at radius 3 is 2.59 bits per heavy atom. The highest BCUT2D eigenvalue weighted by molar-refractivity contribution is 5.93. The van der Waals surface area contributed by atoms with Crippen LogP contribution in [0.3, 0.4) is 0 Å². The number of hydrogen-bond acceptors (Lipinski definition) is 3. The minimum absolute atomic E-state index is 0.0762. The predicted molar refractivity (Wildman–Crippen MR) is 134 cm³/mol. The third-order valence-corrected chi connectivity index (χ3v) is 6.61. The molecule has 5 rings (SSSR count). The van der Waals surface area contributed by atoms with E-state index in [1.54, 1.807) is 34.9 Å². The highest BCUT2D eigenvalue weighted by Crippen LogP contribution is 2.37. The van der Waals surface area contributed by atoms with Gasteiger partial charge in [0.25, 0.3) is 5.91 Å². The fraction of sp³-hybridized carbons (Fsp3) is 0.241. The van der Waals surface area contributed by atoms with E-state index in [0.717, 1.165) is 30.9 Å². The Labute approximate surface area is 212 Å². The van der Waals surface area contributed by atoms with Gasteiger partial charge in [-0.15, -0.1) is 0 Å². The summed E-state index contributed by atoms with van der Waals surface area (Å²) in [6, 6.07) is 21.9. The van der Waals surface area contributed by atoms with Crippen molar-refractivity contribution in [3.05, 3.63) is 108 Å². The third-order valence-electron chi connectivity index (χ3n) is 6.61. The number of nitrogens with one attached hydrogen (secondary N) is 1. The number of ether oxygens (including phenoxy) is 1. The Morgan fingerprint density at radius 1 is 1.00 bits per heavy atom. The molecule has 1 amide bonds. The van der Waals surface area contributed by atoms with Gasteiger partial charge in [0.1, 0.15) is 5.69 Å². The van der Waals surface area contributed by atoms with Crippen LogP contribution in [0, 0.1) is 0 Å². The molecule has 1 heterocycles. The predicted octanol–water partition coefficient (Wildman–Crippen LogP) is 6.43. The van der Waals surface area contributed by atoms with Crippen LogP contribution >= 0.6 is 0 Å². The standard InChI is InChI=1S/C29H26F3N3O2/c30-29(31,32)24-13-5-4-12-23(24)21-10-6-11-22(16-21)35-19-33-17-26(35)28(36)34-25-14-7-15-27(25)37-18-20-8-2-1-3-9-20/h1-6,8-13,16-17,19,25,27H,7,14-15,18H2,(H,34,36)/t25-,27+/m0/s1. The smallest absolute Gasteiger partial charge is 0.371 e. The van der Waals surface area contributed by atoms with E-state index in [9.17, 15) is 18.0 Å². The summed E-state index contributed by atoms with van der Waals surface area (Å²) in [4.78, 5) is 17.4. The normalized spacial score (nSPS) is 17.6. The van der Waals surface area contributed by atoms with Crippen molar-refractivity contribution in [2.45, 2.75) is 44.2 Å². The highest BCUT2D eigenvalue weighted by Gasteiger charge is 2.33. The first kappa shape index (κ1) is 24.8. The molecule has 190 valence electrons. The van der Waals surface area contributed by atoms with Gasteiger partial charge in [0.15, 0.2) is 0 Å². The Morgan fingerprint density at radius 2 is 1.78 bits per heavy atom. The third kappa shape index (κ3) is 5.59. The summed E-state index contributed by atoms with van der Waals surface area (Å²) in [5.74, 6) is -0.307. The van der Waals surface area contributed by atoms with Crippen LogP contribution in [0.4, 0.5) is 13.2 Å².